The van der Waals surface area contributed by atoms with Crippen LogP contribution < -0.4 is 4.68 Å². The van der Waals surface area contributed by atoms with Crippen molar-refractivity contribution < 1.29 is 35.2 Å². The minimum absolute atomic E-state index is 0.161. The fourth-order valence-corrected chi connectivity index (χ4v) is 1.80. The predicted octanol–water partition coefficient (Wildman–Crippen LogP) is 0.588. The zero-order chi connectivity index (χ0) is 15.7. The Morgan fingerprint density at radius 1 is 1.38 bits per heavy atom. The molecule has 2 aromatic heterocycles. The van der Waals surface area contributed by atoms with Crippen LogP contribution in [-0.4, -0.2) is 28.8 Å². The van der Waals surface area contributed by atoms with E-state index in [9.17, 15) is 26.1 Å². The molecule has 2 heterocycles. The van der Waals surface area contributed by atoms with Gasteiger partial charge in [-0.1, -0.05) is 4.68 Å². The molecule has 0 aromatic carbocycles. The number of alkyl halides is 3. The lowest BCUT2D eigenvalue weighted by atomic mass is 10.3. The van der Waals surface area contributed by atoms with Crippen LogP contribution in [0.5, 0.6) is 0 Å². The first kappa shape index (κ1) is 15.4. The van der Waals surface area contributed by atoms with Crippen molar-refractivity contribution in [3.05, 3.63) is 30.4 Å². The van der Waals surface area contributed by atoms with E-state index in [4.69, 9.17) is 4.42 Å². The van der Waals surface area contributed by atoms with Crippen molar-refractivity contribution in [3.8, 4) is 11.5 Å². The first-order valence-electron chi connectivity index (χ1n) is 5.47. The van der Waals surface area contributed by atoms with Gasteiger partial charge >= 0.3 is 6.18 Å². The van der Waals surface area contributed by atoms with Crippen LogP contribution in [0.2, 0.25) is 0 Å². The Kier molecular flexibility index (Phi) is 3.96. The van der Waals surface area contributed by atoms with Gasteiger partial charge in [-0.2, -0.15) is 13.2 Å². The molecule has 0 bridgehead atoms. The molecule has 21 heavy (non-hydrogen) atoms. The summed E-state index contributed by atoms with van der Waals surface area (Å²) in [5.74, 6) is -0.903. The second-order valence-corrected chi connectivity index (χ2v) is 5.50. The molecule has 114 valence electrons. The van der Waals surface area contributed by atoms with Crippen molar-refractivity contribution in [1.29, 1.82) is 0 Å². The quantitative estimate of drug-likeness (QED) is 0.603. The molecule has 0 fully saturated rings. The fourth-order valence-electron chi connectivity index (χ4n) is 1.38. The van der Waals surface area contributed by atoms with Gasteiger partial charge < -0.3 is 8.97 Å². The molecule has 0 unspecified atom stereocenters. The van der Waals surface area contributed by atoms with Crippen molar-refractivity contribution >= 4 is 10.1 Å². The number of aromatic nitrogens is 3. The molecule has 0 spiro atoms. The Bertz CT molecular complexity index is 725. The summed E-state index contributed by atoms with van der Waals surface area (Å²) in [6, 6.07) is 1.34. The van der Waals surface area contributed by atoms with E-state index in [1.807, 2.05) is 0 Å². The summed E-state index contributed by atoms with van der Waals surface area (Å²) in [7, 11) is -4.36. The van der Waals surface area contributed by atoms with Gasteiger partial charge in [0.25, 0.3) is 0 Å². The number of rotatable bonds is 4. The normalized spacial score (nSPS) is 12.6. The van der Waals surface area contributed by atoms with Gasteiger partial charge in [0, 0.05) is 6.07 Å². The molecule has 7 nitrogen and oxygen atoms in total. The third-order valence-electron chi connectivity index (χ3n) is 2.38. The summed E-state index contributed by atoms with van der Waals surface area (Å²) in [5.41, 5.74) is -0.974. The highest BCUT2D eigenvalue weighted by atomic mass is 32.2. The van der Waals surface area contributed by atoms with E-state index >= 15 is 0 Å². The molecule has 2 aromatic rings. The summed E-state index contributed by atoms with van der Waals surface area (Å²) in [6.45, 7) is -0.161. The van der Waals surface area contributed by atoms with Gasteiger partial charge in [-0.15, -0.1) is 0 Å². The van der Waals surface area contributed by atoms with Gasteiger partial charge in [0.2, 0.25) is 5.89 Å². The summed E-state index contributed by atoms with van der Waals surface area (Å²) < 4.78 is 74.3. The minimum atomic E-state index is -4.60. The zero-order valence-electron chi connectivity index (χ0n) is 10.2. The van der Waals surface area contributed by atoms with Crippen LogP contribution in [0.3, 0.4) is 0 Å². The van der Waals surface area contributed by atoms with E-state index in [0.29, 0.717) is 6.26 Å². The number of oxazole rings is 1. The molecule has 0 radical (unpaired) electrons. The van der Waals surface area contributed by atoms with E-state index in [2.05, 4.69) is 10.1 Å². The summed E-state index contributed by atoms with van der Waals surface area (Å²) >= 11 is 0. The number of hydrogen-bond acceptors (Lipinski definition) is 6. The first-order chi connectivity index (χ1) is 9.65. The minimum Gasteiger partial charge on any atom is -0.748 e. The number of aryl methyl sites for hydroxylation is 1. The Labute approximate surface area is 116 Å². The highest BCUT2D eigenvalue weighted by Crippen LogP contribution is 2.30. The molecule has 0 aliphatic rings. The van der Waals surface area contributed by atoms with Crippen LogP contribution in [0.4, 0.5) is 13.2 Å². The average Bonchev–Trinajstić information content (AvgIpc) is 2.85. The summed E-state index contributed by atoms with van der Waals surface area (Å²) in [4.78, 5) is 3.28. The maximum absolute atomic E-state index is 12.4. The van der Waals surface area contributed by atoms with Crippen LogP contribution in [0.1, 0.15) is 5.69 Å². The van der Waals surface area contributed by atoms with Crippen LogP contribution in [0.15, 0.2) is 29.1 Å². The second kappa shape index (κ2) is 5.41. The highest BCUT2D eigenvalue weighted by molar-refractivity contribution is 7.85. The van der Waals surface area contributed by atoms with Crippen molar-refractivity contribution in [2.75, 3.05) is 5.75 Å². The molecule has 0 saturated heterocycles. The fraction of sp³-hybridized carbons (Fsp3) is 0.300. The van der Waals surface area contributed by atoms with E-state index in [1.54, 1.807) is 0 Å². The lowest BCUT2D eigenvalue weighted by Gasteiger charge is -2.02. The largest absolute Gasteiger partial charge is 0.748 e. The zero-order valence-corrected chi connectivity index (χ0v) is 11.1. The molecule has 2 rings (SSSR count). The molecule has 0 saturated carbocycles. The van der Waals surface area contributed by atoms with Crippen molar-refractivity contribution in [1.82, 2.24) is 10.1 Å². The molecule has 0 aliphatic heterocycles. The molecule has 0 amide bonds. The molecule has 11 heteroatoms. The number of halogens is 3. The van der Waals surface area contributed by atoms with E-state index in [1.165, 1.54) is 12.3 Å². The van der Waals surface area contributed by atoms with Gasteiger partial charge in [-0.25, -0.2) is 13.4 Å². The van der Waals surface area contributed by atoms with Crippen LogP contribution in [-0.2, 0) is 22.8 Å². The van der Waals surface area contributed by atoms with Gasteiger partial charge in [0.1, 0.15) is 22.6 Å². The summed E-state index contributed by atoms with van der Waals surface area (Å²) in [6.07, 6.45) is -1.66. The monoisotopic (exact) mass is 323 g/mol. The Balaban J connectivity index is 2.14. The maximum Gasteiger partial charge on any atom is 0.436 e. The first-order valence-corrected chi connectivity index (χ1v) is 7.05. The van der Waals surface area contributed by atoms with Crippen molar-refractivity contribution in [3.63, 3.8) is 0 Å². The summed E-state index contributed by atoms with van der Waals surface area (Å²) in [5, 5.41) is 3.76. The average molecular weight is 323 g/mol. The lowest BCUT2D eigenvalue weighted by molar-refractivity contribution is -0.750. The van der Waals surface area contributed by atoms with Gasteiger partial charge in [0.05, 0.1) is 11.3 Å². The number of nitrogens with zero attached hydrogens (tertiary/aromatic N) is 3. The van der Waals surface area contributed by atoms with E-state index in [-0.39, 0.29) is 18.0 Å². The third kappa shape index (κ3) is 4.23. The Morgan fingerprint density at radius 2 is 2.10 bits per heavy atom. The van der Waals surface area contributed by atoms with Crippen LogP contribution in [0.25, 0.3) is 11.5 Å². The topological polar surface area (TPSA) is 100 Å². The van der Waals surface area contributed by atoms with Crippen LogP contribution >= 0.6 is 0 Å². The highest BCUT2D eigenvalue weighted by Gasteiger charge is 2.35. The number of hydrogen-bond donors (Lipinski definition) is 0. The van der Waals surface area contributed by atoms with E-state index < -0.39 is 27.7 Å². The van der Waals surface area contributed by atoms with Gasteiger partial charge in [-0.05, 0) is 5.10 Å². The standard InChI is InChI=1S/C10H8F3N3O4S/c11-10(12,13)8-6-20-9(15-8)7-1-2-16(14-5-7)3-4-21(17,18)19/h1-2,5-6H,3-4H2. The Hall–Kier alpha value is -2.01. The smallest absolute Gasteiger partial charge is 0.436 e. The Morgan fingerprint density at radius 3 is 2.57 bits per heavy atom. The van der Waals surface area contributed by atoms with Gasteiger partial charge in [-0.3, -0.25) is 0 Å². The van der Waals surface area contributed by atoms with Crippen molar-refractivity contribution in [2.45, 2.75) is 12.7 Å². The predicted molar refractivity (Wildman–Crippen MR) is 59.5 cm³/mol. The molecule has 0 atom stereocenters. The molecular weight excluding hydrogens is 315 g/mol. The lowest BCUT2D eigenvalue weighted by Crippen LogP contribution is -2.40. The molecule has 0 N–H and O–H groups in total. The van der Waals surface area contributed by atoms with E-state index in [0.717, 1.165) is 10.9 Å². The van der Waals surface area contributed by atoms with Crippen molar-refractivity contribution in [2.24, 2.45) is 0 Å². The third-order valence-corrected chi connectivity index (χ3v) is 3.07. The molecular formula is C10H8F3N3O4S. The maximum atomic E-state index is 12.4. The molecule has 0 aliphatic carbocycles. The second-order valence-electron chi connectivity index (χ2n) is 3.98. The SMILES string of the molecule is O=S(=O)([O-])CC[n+]1ccc(-c2nc(C(F)(F)F)co2)cn1. The van der Waals surface area contributed by atoms with Crippen LogP contribution in [0, 0.1) is 0 Å². The van der Waals surface area contributed by atoms with Gasteiger partial charge in [0.15, 0.2) is 18.4 Å².